The fourth-order valence-corrected chi connectivity index (χ4v) is 1.92. The van der Waals surface area contributed by atoms with Crippen LogP contribution in [0.5, 0.6) is 0 Å². The molecule has 1 heterocycles. The van der Waals surface area contributed by atoms with Crippen LogP contribution in [0.4, 0.5) is 8.78 Å². The molecular formula is C9H8F2IN3. The maximum absolute atomic E-state index is 12.6. The molecule has 0 radical (unpaired) electrons. The van der Waals surface area contributed by atoms with E-state index < -0.39 is 6.43 Å². The SMILES string of the molecule is N#CCc1c(I)cnc(C(F)F)c1CN. The summed E-state index contributed by atoms with van der Waals surface area (Å²) in [5.41, 5.74) is 5.94. The Balaban J connectivity index is 3.34. The summed E-state index contributed by atoms with van der Waals surface area (Å²) in [6.07, 6.45) is -1.24. The number of alkyl halides is 2. The normalized spacial score (nSPS) is 10.4. The van der Waals surface area contributed by atoms with Crippen LogP contribution < -0.4 is 5.73 Å². The van der Waals surface area contributed by atoms with Crippen molar-refractivity contribution in [3.8, 4) is 6.07 Å². The molecule has 0 spiro atoms. The molecule has 1 rings (SSSR count). The second kappa shape index (κ2) is 5.32. The van der Waals surface area contributed by atoms with E-state index in [4.69, 9.17) is 11.0 Å². The smallest absolute Gasteiger partial charge is 0.280 e. The van der Waals surface area contributed by atoms with Crippen LogP contribution in [0, 0.1) is 14.9 Å². The fraction of sp³-hybridized carbons (Fsp3) is 0.333. The van der Waals surface area contributed by atoms with Crippen LogP contribution in [0.1, 0.15) is 23.2 Å². The maximum Gasteiger partial charge on any atom is 0.280 e. The minimum absolute atomic E-state index is 0.0273. The van der Waals surface area contributed by atoms with Crippen molar-refractivity contribution in [2.45, 2.75) is 19.4 Å². The van der Waals surface area contributed by atoms with Crippen LogP contribution in [0.15, 0.2) is 6.20 Å². The van der Waals surface area contributed by atoms with Crippen molar-refractivity contribution < 1.29 is 8.78 Å². The van der Waals surface area contributed by atoms with E-state index in [9.17, 15) is 8.78 Å². The molecule has 1 aromatic rings. The maximum atomic E-state index is 12.6. The number of nitrogens with zero attached hydrogens (tertiary/aromatic N) is 2. The topological polar surface area (TPSA) is 62.7 Å². The van der Waals surface area contributed by atoms with E-state index in [1.165, 1.54) is 6.20 Å². The minimum Gasteiger partial charge on any atom is -0.326 e. The average Bonchev–Trinajstić information content (AvgIpc) is 2.20. The van der Waals surface area contributed by atoms with Gasteiger partial charge in [-0.2, -0.15) is 5.26 Å². The molecular weight excluding hydrogens is 315 g/mol. The molecule has 0 aliphatic heterocycles. The highest BCUT2D eigenvalue weighted by Crippen LogP contribution is 2.26. The van der Waals surface area contributed by atoms with Gasteiger partial charge in [-0.3, -0.25) is 4.98 Å². The summed E-state index contributed by atoms with van der Waals surface area (Å²) in [7, 11) is 0. The first-order valence-corrected chi connectivity index (χ1v) is 5.21. The highest BCUT2D eigenvalue weighted by molar-refractivity contribution is 14.1. The predicted octanol–water partition coefficient (Wildman–Crippen LogP) is 2.15. The number of hydrogen-bond acceptors (Lipinski definition) is 3. The lowest BCUT2D eigenvalue weighted by molar-refractivity contribution is 0.144. The first-order chi connectivity index (χ1) is 7.11. The van der Waals surface area contributed by atoms with Crippen molar-refractivity contribution in [3.05, 3.63) is 26.6 Å². The van der Waals surface area contributed by atoms with E-state index in [0.717, 1.165) is 0 Å². The van der Waals surface area contributed by atoms with Gasteiger partial charge in [0.05, 0.1) is 12.5 Å². The van der Waals surface area contributed by atoms with Crippen LogP contribution in [-0.4, -0.2) is 4.98 Å². The average molecular weight is 323 g/mol. The summed E-state index contributed by atoms with van der Waals surface area (Å²) in [5, 5.41) is 8.59. The van der Waals surface area contributed by atoms with Crippen LogP contribution in [-0.2, 0) is 13.0 Å². The molecule has 0 aliphatic carbocycles. The van der Waals surface area contributed by atoms with E-state index in [0.29, 0.717) is 14.7 Å². The van der Waals surface area contributed by atoms with E-state index in [2.05, 4.69) is 4.98 Å². The molecule has 15 heavy (non-hydrogen) atoms. The number of nitriles is 1. The van der Waals surface area contributed by atoms with Crippen molar-refractivity contribution in [3.63, 3.8) is 0 Å². The van der Waals surface area contributed by atoms with Crippen molar-refractivity contribution >= 4 is 22.6 Å². The molecule has 3 nitrogen and oxygen atoms in total. The number of nitrogens with two attached hydrogens (primary N) is 1. The quantitative estimate of drug-likeness (QED) is 0.867. The Labute approximate surface area is 99.4 Å². The molecule has 0 atom stereocenters. The zero-order chi connectivity index (χ0) is 11.4. The fourth-order valence-electron chi connectivity index (χ4n) is 1.27. The molecule has 0 aromatic carbocycles. The Bertz CT molecular complexity index is 401. The van der Waals surface area contributed by atoms with Gasteiger partial charge in [0.15, 0.2) is 0 Å². The molecule has 0 saturated heterocycles. The molecule has 1 aromatic heterocycles. The van der Waals surface area contributed by atoms with Crippen molar-refractivity contribution in [2.75, 3.05) is 0 Å². The Morgan fingerprint density at radius 1 is 1.53 bits per heavy atom. The third-order valence-corrected chi connectivity index (χ3v) is 2.88. The highest BCUT2D eigenvalue weighted by Gasteiger charge is 2.18. The van der Waals surface area contributed by atoms with Gasteiger partial charge in [-0.15, -0.1) is 0 Å². The van der Waals surface area contributed by atoms with E-state index in [1.54, 1.807) is 0 Å². The lowest BCUT2D eigenvalue weighted by atomic mass is 10.0. The Hall–Kier alpha value is -0.810. The summed E-state index contributed by atoms with van der Waals surface area (Å²) >= 11 is 1.96. The first-order valence-electron chi connectivity index (χ1n) is 4.13. The van der Waals surface area contributed by atoms with Gasteiger partial charge < -0.3 is 5.73 Å². The van der Waals surface area contributed by atoms with E-state index in [-0.39, 0.29) is 18.7 Å². The van der Waals surface area contributed by atoms with Gasteiger partial charge in [0, 0.05) is 16.3 Å². The summed E-state index contributed by atoms with van der Waals surface area (Å²) in [4.78, 5) is 3.64. The summed E-state index contributed by atoms with van der Waals surface area (Å²) in [5.74, 6) is 0. The Morgan fingerprint density at radius 2 is 2.20 bits per heavy atom. The lowest BCUT2D eigenvalue weighted by Crippen LogP contribution is -2.10. The zero-order valence-corrected chi connectivity index (χ0v) is 9.83. The number of halogens is 3. The van der Waals surface area contributed by atoms with Gasteiger partial charge in [-0.05, 0) is 33.7 Å². The lowest BCUT2D eigenvalue weighted by Gasteiger charge is -2.11. The second-order valence-corrected chi connectivity index (χ2v) is 3.95. The number of aromatic nitrogens is 1. The third kappa shape index (κ3) is 2.60. The third-order valence-electron chi connectivity index (χ3n) is 1.95. The van der Waals surface area contributed by atoms with Crippen LogP contribution in [0.2, 0.25) is 0 Å². The van der Waals surface area contributed by atoms with Crippen molar-refractivity contribution in [2.24, 2.45) is 5.73 Å². The molecule has 6 heteroatoms. The summed E-state index contributed by atoms with van der Waals surface area (Å²) in [6, 6.07) is 1.93. The second-order valence-electron chi connectivity index (χ2n) is 2.79. The molecule has 2 N–H and O–H groups in total. The van der Waals surface area contributed by atoms with Crippen molar-refractivity contribution in [1.82, 2.24) is 4.98 Å². The predicted molar refractivity (Wildman–Crippen MR) is 59.1 cm³/mol. The Morgan fingerprint density at radius 3 is 2.67 bits per heavy atom. The molecule has 0 bridgehead atoms. The van der Waals surface area contributed by atoms with Gasteiger partial charge in [-0.25, -0.2) is 8.78 Å². The van der Waals surface area contributed by atoms with E-state index >= 15 is 0 Å². The molecule has 0 unspecified atom stereocenters. The largest absolute Gasteiger partial charge is 0.326 e. The molecule has 80 valence electrons. The van der Waals surface area contributed by atoms with Gasteiger partial charge in [0.2, 0.25) is 0 Å². The number of rotatable bonds is 3. The molecule has 0 amide bonds. The van der Waals surface area contributed by atoms with Gasteiger partial charge in [-0.1, -0.05) is 0 Å². The number of hydrogen-bond donors (Lipinski definition) is 1. The standard InChI is InChI=1S/C9H8F2IN3/c10-9(11)8-6(3-14)5(1-2-13)7(12)4-15-8/h4,9H,1,3,14H2. The molecule has 0 saturated carbocycles. The molecule has 0 fully saturated rings. The number of pyridine rings is 1. The zero-order valence-electron chi connectivity index (χ0n) is 7.67. The van der Waals surface area contributed by atoms with Crippen molar-refractivity contribution in [1.29, 1.82) is 5.26 Å². The van der Waals surface area contributed by atoms with Crippen LogP contribution >= 0.6 is 22.6 Å². The monoisotopic (exact) mass is 323 g/mol. The van der Waals surface area contributed by atoms with E-state index in [1.807, 2.05) is 28.7 Å². The minimum atomic E-state index is -2.65. The van der Waals surface area contributed by atoms with Gasteiger partial charge in [0.1, 0.15) is 5.69 Å². The summed E-state index contributed by atoms with van der Waals surface area (Å²) in [6.45, 7) is -0.0273. The Kier molecular flexibility index (Phi) is 4.35. The summed E-state index contributed by atoms with van der Waals surface area (Å²) < 4.78 is 25.8. The molecule has 0 aliphatic rings. The van der Waals surface area contributed by atoms with Gasteiger partial charge in [0.25, 0.3) is 6.43 Å². The highest BCUT2D eigenvalue weighted by atomic mass is 127. The van der Waals surface area contributed by atoms with Crippen LogP contribution in [0.25, 0.3) is 0 Å². The van der Waals surface area contributed by atoms with Crippen LogP contribution in [0.3, 0.4) is 0 Å². The first kappa shape index (κ1) is 12.3. The van der Waals surface area contributed by atoms with Gasteiger partial charge >= 0.3 is 0 Å².